The molecule has 1 aliphatic carbocycles. The molecule has 0 bridgehead atoms. The molecule has 190 valence electrons. The van der Waals surface area contributed by atoms with Crippen LogP contribution in [-0.4, -0.2) is 52.2 Å². The number of fused-ring (bicyclic) bond motifs is 2. The van der Waals surface area contributed by atoms with Crippen molar-refractivity contribution in [3.8, 4) is 0 Å². The summed E-state index contributed by atoms with van der Waals surface area (Å²) in [5, 5.41) is 4.27. The van der Waals surface area contributed by atoms with E-state index in [1.54, 1.807) is 0 Å². The largest absolute Gasteiger partial charge is 0.383 e. The third kappa shape index (κ3) is 4.96. The van der Waals surface area contributed by atoms with Gasteiger partial charge in [0.1, 0.15) is 11.5 Å². The number of nitrogens with zero attached hydrogens (tertiary/aromatic N) is 5. The van der Waals surface area contributed by atoms with Crippen molar-refractivity contribution in [3.63, 3.8) is 0 Å². The van der Waals surface area contributed by atoms with Crippen LogP contribution in [0.5, 0.6) is 0 Å². The number of nitrogens with one attached hydrogen (secondary N) is 1. The molecule has 1 saturated heterocycles. The Morgan fingerprint density at radius 3 is 2.43 bits per heavy atom. The number of benzene rings is 1. The summed E-state index contributed by atoms with van der Waals surface area (Å²) in [6.45, 7) is 8.04. The van der Waals surface area contributed by atoms with Crippen LogP contribution in [-0.2, 0) is 25.9 Å². The Kier molecular flexibility index (Phi) is 6.62. The van der Waals surface area contributed by atoms with E-state index in [1.807, 2.05) is 36.8 Å². The molecule has 0 saturated carbocycles. The van der Waals surface area contributed by atoms with Crippen LogP contribution in [0.25, 0.3) is 11.0 Å². The molecule has 0 radical (unpaired) electrons. The summed E-state index contributed by atoms with van der Waals surface area (Å²) >= 11 is 0. The van der Waals surface area contributed by atoms with Crippen molar-refractivity contribution < 1.29 is 0 Å². The first-order valence-corrected chi connectivity index (χ1v) is 13.4. The first kappa shape index (κ1) is 23.7. The normalized spacial score (nSPS) is 16.3. The molecule has 3 aromatic heterocycles. The summed E-state index contributed by atoms with van der Waals surface area (Å²) in [6.07, 6.45) is 7.92. The molecule has 0 amide bonds. The number of rotatable bonds is 7. The zero-order chi connectivity index (χ0) is 25.2. The summed E-state index contributed by atoms with van der Waals surface area (Å²) in [5.74, 6) is 1.59. The van der Waals surface area contributed by atoms with E-state index in [1.165, 1.54) is 11.1 Å². The van der Waals surface area contributed by atoms with Crippen LogP contribution in [0.2, 0.25) is 0 Å². The molecule has 4 heterocycles. The van der Waals surface area contributed by atoms with E-state index in [4.69, 9.17) is 4.98 Å². The molecular formula is C30H34N6O. The Bertz CT molecular complexity index is 1420. The number of aromatic nitrogens is 3. The molecule has 0 spiro atoms. The molecule has 1 fully saturated rings. The lowest BCUT2D eigenvalue weighted by atomic mass is 10.1. The van der Waals surface area contributed by atoms with Crippen molar-refractivity contribution in [1.29, 1.82) is 0 Å². The predicted molar refractivity (Wildman–Crippen MR) is 149 cm³/mol. The van der Waals surface area contributed by atoms with E-state index in [0.717, 1.165) is 74.8 Å². The Morgan fingerprint density at radius 2 is 1.73 bits per heavy atom. The molecule has 7 nitrogen and oxygen atoms in total. The van der Waals surface area contributed by atoms with Gasteiger partial charge in [-0.2, -0.15) is 0 Å². The predicted octanol–water partition coefficient (Wildman–Crippen LogP) is 3.96. The van der Waals surface area contributed by atoms with Crippen molar-refractivity contribution in [2.24, 2.45) is 5.92 Å². The van der Waals surface area contributed by atoms with Crippen LogP contribution in [0.3, 0.4) is 0 Å². The minimum atomic E-state index is 0.0938. The van der Waals surface area contributed by atoms with Crippen LogP contribution in [0.15, 0.2) is 71.9 Å². The molecule has 6 rings (SSSR count). The van der Waals surface area contributed by atoms with E-state index >= 15 is 0 Å². The molecule has 7 heteroatoms. The van der Waals surface area contributed by atoms with E-state index in [9.17, 15) is 4.79 Å². The van der Waals surface area contributed by atoms with Gasteiger partial charge in [-0.1, -0.05) is 30.3 Å². The summed E-state index contributed by atoms with van der Waals surface area (Å²) in [5.41, 5.74) is 5.53. The Morgan fingerprint density at radius 1 is 0.973 bits per heavy atom. The average Bonchev–Trinajstić information content (AvgIpc) is 3.37. The van der Waals surface area contributed by atoms with Gasteiger partial charge in [-0.3, -0.25) is 9.69 Å². The van der Waals surface area contributed by atoms with Gasteiger partial charge >= 0.3 is 0 Å². The maximum absolute atomic E-state index is 13.6. The van der Waals surface area contributed by atoms with Crippen molar-refractivity contribution >= 4 is 22.5 Å². The zero-order valence-electron chi connectivity index (χ0n) is 21.4. The van der Waals surface area contributed by atoms with Gasteiger partial charge in [0.25, 0.3) is 0 Å². The second-order valence-electron chi connectivity index (χ2n) is 10.2. The highest BCUT2D eigenvalue weighted by molar-refractivity contribution is 5.79. The van der Waals surface area contributed by atoms with Gasteiger partial charge in [-0.25, -0.2) is 9.97 Å². The Labute approximate surface area is 217 Å². The molecule has 2 aliphatic rings. The van der Waals surface area contributed by atoms with Crippen LogP contribution < -0.4 is 15.6 Å². The third-order valence-corrected chi connectivity index (χ3v) is 7.80. The quantitative estimate of drug-likeness (QED) is 0.420. The third-order valence-electron chi connectivity index (χ3n) is 7.80. The molecular weight excluding hydrogens is 460 g/mol. The highest BCUT2D eigenvalue weighted by atomic mass is 16.1. The maximum Gasteiger partial charge on any atom is 0.195 e. The number of hydrogen-bond acceptors (Lipinski definition) is 6. The molecule has 0 unspecified atom stereocenters. The molecule has 0 atom stereocenters. The molecule has 1 aromatic carbocycles. The summed E-state index contributed by atoms with van der Waals surface area (Å²) in [6, 6.07) is 16.8. The first-order valence-electron chi connectivity index (χ1n) is 13.4. The molecule has 1 aliphatic heterocycles. The monoisotopic (exact) mass is 494 g/mol. The maximum atomic E-state index is 13.6. The standard InChI is InChI=1S/C30H34N6O/c1-2-35-21-25(20-34-11-13-36(14-12-34)28-9-5-6-10-31-28)29(37)27-17-26(19-33-30(27)35)32-18-22-15-23-7-3-4-8-24(23)16-22/h3-10,17,19,21-22,32H,2,11-16,18,20H2,1H3. The van der Waals surface area contributed by atoms with Crippen LogP contribution in [0, 0.1) is 5.92 Å². The number of pyridine rings is 3. The fourth-order valence-corrected chi connectivity index (χ4v) is 5.76. The van der Waals surface area contributed by atoms with E-state index in [2.05, 4.69) is 61.9 Å². The SMILES string of the molecule is CCn1cc(CN2CCN(c3ccccn3)CC2)c(=O)c2cc(NCC3Cc4ccccc4C3)cnc21. The summed E-state index contributed by atoms with van der Waals surface area (Å²) < 4.78 is 2.10. The Hall–Kier alpha value is -3.71. The van der Waals surface area contributed by atoms with Gasteiger partial charge in [-0.15, -0.1) is 0 Å². The van der Waals surface area contributed by atoms with Crippen LogP contribution >= 0.6 is 0 Å². The minimum absolute atomic E-state index is 0.0938. The number of aryl methyl sites for hydroxylation is 1. The van der Waals surface area contributed by atoms with E-state index in [-0.39, 0.29) is 5.43 Å². The lowest BCUT2D eigenvalue weighted by Crippen LogP contribution is -2.46. The van der Waals surface area contributed by atoms with Gasteiger partial charge in [0, 0.05) is 63.8 Å². The van der Waals surface area contributed by atoms with Crippen LogP contribution in [0.4, 0.5) is 11.5 Å². The first-order chi connectivity index (χ1) is 18.2. The average molecular weight is 495 g/mol. The van der Waals surface area contributed by atoms with Crippen molar-refractivity contribution in [2.45, 2.75) is 32.9 Å². The van der Waals surface area contributed by atoms with Gasteiger partial charge in [0.05, 0.1) is 17.3 Å². The van der Waals surface area contributed by atoms with Gasteiger partial charge in [0.15, 0.2) is 5.43 Å². The second kappa shape index (κ2) is 10.3. The van der Waals surface area contributed by atoms with Crippen molar-refractivity contribution in [2.75, 3.05) is 42.9 Å². The summed E-state index contributed by atoms with van der Waals surface area (Å²) in [4.78, 5) is 27.5. The smallest absolute Gasteiger partial charge is 0.195 e. The number of piperazine rings is 1. The highest BCUT2D eigenvalue weighted by Crippen LogP contribution is 2.27. The van der Waals surface area contributed by atoms with Gasteiger partial charge < -0.3 is 14.8 Å². The van der Waals surface area contributed by atoms with E-state index in [0.29, 0.717) is 17.8 Å². The van der Waals surface area contributed by atoms with Crippen molar-refractivity contribution in [3.05, 3.63) is 94.0 Å². The summed E-state index contributed by atoms with van der Waals surface area (Å²) in [7, 11) is 0. The zero-order valence-corrected chi connectivity index (χ0v) is 21.4. The number of anilines is 2. The lowest BCUT2D eigenvalue weighted by molar-refractivity contribution is 0.248. The molecule has 4 aromatic rings. The molecule has 37 heavy (non-hydrogen) atoms. The topological polar surface area (TPSA) is 66.3 Å². The molecule has 1 N–H and O–H groups in total. The minimum Gasteiger partial charge on any atom is -0.383 e. The van der Waals surface area contributed by atoms with Crippen molar-refractivity contribution in [1.82, 2.24) is 19.4 Å². The number of hydrogen-bond donors (Lipinski definition) is 1. The second-order valence-corrected chi connectivity index (χ2v) is 10.2. The van der Waals surface area contributed by atoms with Gasteiger partial charge in [0.2, 0.25) is 0 Å². The van der Waals surface area contributed by atoms with Crippen LogP contribution in [0.1, 0.15) is 23.6 Å². The van der Waals surface area contributed by atoms with Gasteiger partial charge in [-0.05, 0) is 55.0 Å². The lowest BCUT2D eigenvalue weighted by Gasteiger charge is -2.35. The fraction of sp³-hybridized carbons (Fsp3) is 0.367. The Balaban J connectivity index is 1.16. The highest BCUT2D eigenvalue weighted by Gasteiger charge is 2.22. The van der Waals surface area contributed by atoms with E-state index < -0.39 is 0 Å². The fourth-order valence-electron chi connectivity index (χ4n) is 5.76.